The molecule has 1 aromatic heterocycles. The fourth-order valence-electron chi connectivity index (χ4n) is 2.12. The average Bonchev–Trinajstić information content (AvgIpc) is 3.14. The maximum Gasteiger partial charge on any atom is 0.207 e. The van der Waals surface area contributed by atoms with E-state index in [0.717, 1.165) is 18.5 Å². The molecule has 1 aliphatic rings. The fourth-order valence-corrected chi connectivity index (χ4v) is 2.12. The molecule has 0 amide bonds. The lowest BCUT2D eigenvalue weighted by Gasteiger charge is -2.11. The van der Waals surface area contributed by atoms with Gasteiger partial charge in [-0.25, -0.2) is 13.8 Å². The summed E-state index contributed by atoms with van der Waals surface area (Å²) in [7, 11) is 0. The molecule has 5 heteroatoms. The van der Waals surface area contributed by atoms with Crippen molar-refractivity contribution in [3.8, 4) is 0 Å². The van der Waals surface area contributed by atoms with Crippen LogP contribution in [0.4, 0.5) is 20.4 Å². The Bertz CT molecular complexity index is 630. The van der Waals surface area contributed by atoms with Gasteiger partial charge in [-0.05, 0) is 38.3 Å². The number of nitrogens with one attached hydrogen (secondary N) is 1. The van der Waals surface area contributed by atoms with Gasteiger partial charge < -0.3 is 9.88 Å². The SMILES string of the molecule is Cc1cn(C2CC2)c(Nc2c(F)ccc(C)c2F)n1. The van der Waals surface area contributed by atoms with Gasteiger partial charge in [0.05, 0.1) is 5.69 Å². The van der Waals surface area contributed by atoms with E-state index < -0.39 is 11.6 Å². The first-order valence-electron chi connectivity index (χ1n) is 6.33. The molecule has 1 aromatic carbocycles. The van der Waals surface area contributed by atoms with Gasteiger partial charge >= 0.3 is 0 Å². The summed E-state index contributed by atoms with van der Waals surface area (Å²) in [6.45, 7) is 3.48. The number of anilines is 2. The van der Waals surface area contributed by atoms with Gasteiger partial charge in [0.15, 0.2) is 5.82 Å². The Labute approximate surface area is 110 Å². The van der Waals surface area contributed by atoms with E-state index in [1.54, 1.807) is 6.92 Å². The number of nitrogens with zero attached hydrogens (tertiary/aromatic N) is 2. The monoisotopic (exact) mass is 263 g/mol. The third-order valence-corrected chi connectivity index (χ3v) is 3.31. The molecule has 0 spiro atoms. The minimum absolute atomic E-state index is 0.132. The Morgan fingerprint density at radius 1 is 1.26 bits per heavy atom. The van der Waals surface area contributed by atoms with E-state index in [4.69, 9.17) is 0 Å². The molecule has 19 heavy (non-hydrogen) atoms. The second kappa shape index (κ2) is 4.33. The molecule has 0 bridgehead atoms. The first kappa shape index (κ1) is 12.1. The summed E-state index contributed by atoms with van der Waals surface area (Å²) >= 11 is 0. The van der Waals surface area contributed by atoms with Gasteiger partial charge in [0.2, 0.25) is 5.95 Å². The van der Waals surface area contributed by atoms with Crippen LogP contribution in [-0.2, 0) is 0 Å². The van der Waals surface area contributed by atoms with Crippen molar-refractivity contribution in [1.29, 1.82) is 0 Å². The van der Waals surface area contributed by atoms with Crippen LogP contribution in [0.2, 0.25) is 0 Å². The predicted molar refractivity (Wildman–Crippen MR) is 69.6 cm³/mol. The highest BCUT2D eigenvalue weighted by atomic mass is 19.1. The number of benzene rings is 1. The molecular formula is C14H15F2N3. The first-order valence-corrected chi connectivity index (χ1v) is 6.33. The maximum atomic E-state index is 14.0. The van der Waals surface area contributed by atoms with E-state index >= 15 is 0 Å². The number of imidazole rings is 1. The second-order valence-corrected chi connectivity index (χ2v) is 5.02. The summed E-state index contributed by atoms with van der Waals surface area (Å²) in [5, 5.41) is 2.79. The van der Waals surface area contributed by atoms with Crippen LogP contribution in [-0.4, -0.2) is 9.55 Å². The summed E-state index contributed by atoms with van der Waals surface area (Å²) in [5.41, 5.74) is 1.11. The van der Waals surface area contributed by atoms with Crippen molar-refractivity contribution in [2.75, 3.05) is 5.32 Å². The third kappa shape index (κ3) is 2.20. The Hall–Kier alpha value is -1.91. The lowest BCUT2D eigenvalue weighted by molar-refractivity contribution is 0.583. The van der Waals surface area contributed by atoms with Crippen molar-refractivity contribution in [2.24, 2.45) is 0 Å². The standard InChI is InChI=1S/C14H15F2N3/c1-8-3-6-11(15)13(12(8)16)18-14-17-9(2)7-19(14)10-4-5-10/h3,6-7,10H,4-5H2,1-2H3,(H,17,18). The number of hydrogen-bond donors (Lipinski definition) is 1. The van der Waals surface area contributed by atoms with Crippen molar-refractivity contribution < 1.29 is 8.78 Å². The Kier molecular flexibility index (Phi) is 2.77. The van der Waals surface area contributed by atoms with Crippen molar-refractivity contribution in [3.63, 3.8) is 0 Å². The molecule has 0 radical (unpaired) electrons. The van der Waals surface area contributed by atoms with Crippen LogP contribution in [0.3, 0.4) is 0 Å². The van der Waals surface area contributed by atoms with Gasteiger partial charge in [-0.1, -0.05) is 6.07 Å². The highest BCUT2D eigenvalue weighted by Crippen LogP contribution is 2.38. The van der Waals surface area contributed by atoms with Crippen molar-refractivity contribution in [1.82, 2.24) is 9.55 Å². The summed E-state index contributed by atoms with van der Waals surface area (Å²) in [4.78, 5) is 4.30. The number of hydrogen-bond acceptors (Lipinski definition) is 2. The minimum Gasteiger partial charge on any atom is -0.321 e. The third-order valence-electron chi connectivity index (χ3n) is 3.31. The normalized spacial score (nSPS) is 14.7. The molecule has 2 aromatic rings. The molecule has 0 atom stereocenters. The van der Waals surface area contributed by atoms with Crippen LogP contribution in [0, 0.1) is 25.5 Å². The van der Waals surface area contributed by atoms with Crippen molar-refractivity contribution in [3.05, 3.63) is 41.2 Å². The van der Waals surface area contributed by atoms with Gasteiger partial charge in [0, 0.05) is 12.2 Å². The van der Waals surface area contributed by atoms with Gasteiger partial charge in [-0.15, -0.1) is 0 Å². The highest BCUT2D eigenvalue weighted by Gasteiger charge is 2.27. The number of rotatable bonds is 3. The predicted octanol–water partition coefficient (Wildman–Crippen LogP) is 3.86. The molecule has 1 aliphatic carbocycles. The summed E-state index contributed by atoms with van der Waals surface area (Å²) in [5.74, 6) is -0.669. The first-order chi connectivity index (χ1) is 9.06. The second-order valence-electron chi connectivity index (χ2n) is 5.02. The lowest BCUT2D eigenvalue weighted by Crippen LogP contribution is -2.05. The molecular weight excluding hydrogens is 248 g/mol. The van der Waals surface area contributed by atoms with E-state index in [1.807, 2.05) is 17.7 Å². The molecule has 3 nitrogen and oxygen atoms in total. The average molecular weight is 263 g/mol. The summed E-state index contributed by atoms with van der Waals surface area (Å²) < 4.78 is 29.7. The molecule has 3 rings (SSSR count). The molecule has 1 heterocycles. The van der Waals surface area contributed by atoms with Crippen LogP contribution in [0.5, 0.6) is 0 Å². The van der Waals surface area contributed by atoms with Crippen LogP contribution < -0.4 is 5.32 Å². The van der Waals surface area contributed by atoms with Gasteiger partial charge in [-0.2, -0.15) is 0 Å². The largest absolute Gasteiger partial charge is 0.321 e. The van der Waals surface area contributed by atoms with Gasteiger partial charge in [0.1, 0.15) is 11.5 Å². The Morgan fingerprint density at radius 2 is 2.00 bits per heavy atom. The molecule has 1 saturated carbocycles. The molecule has 0 aliphatic heterocycles. The summed E-state index contributed by atoms with van der Waals surface area (Å²) in [6.07, 6.45) is 4.08. The van der Waals surface area contributed by atoms with E-state index in [1.165, 1.54) is 12.1 Å². The smallest absolute Gasteiger partial charge is 0.207 e. The highest BCUT2D eigenvalue weighted by molar-refractivity contribution is 5.57. The van der Waals surface area contributed by atoms with Gasteiger partial charge in [-0.3, -0.25) is 0 Å². The number of aromatic nitrogens is 2. The fraction of sp³-hybridized carbons (Fsp3) is 0.357. The summed E-state index contributed by atoms with van der Waals surface area (Å²) in [6, 6.07) is 3.09. The zero-order valence-corrected chi connectivity index (χ0v) is 10.9. The maximum absolute atomic E-state index is 14.0. The molecule has 0 saturated heterocycles. The van der Waals surface area contributed by atoms with Crippen LogP contribution in [0.25, 0.3) is 0 Å². The molecule has 0 unspecified atom stereocenters. The van der Waals surface area contributed by atoms with Crippen molar-refractivity contribution >= 4 is 11.6 Å². The van der Waals surface area contributed by atoms with Gasteiger partial charge in [0.25, 0.3) is 0 Å². The zero-order valence-electron chi connectivity index (χ0n) is 10.9. The van der Waals surface area contributed by atoms with Crippen LogP contribution in [0.15, 0.2) is 18.3 Å². The molecule has 1 N–H and O–H groups in total. The Balaban J connectivity index is 1.99. The van der Waals surface area contributed by atoms with E-state index in [-0.39, 0.29) is 5.69 Å². The number of halogens is 2. The van der Waals surface area contributed by atoms with Crippen molar-refractivity contribution in [2.45, 2.75) is 32.7 Å². The van der Waals surface area contributed by atoms with E-state index in [9.17, 15) is 8.78 Å². The lowest BCUT2D eigenvalue weighted by atomic mass is 10.2. The van der Waals surface area contributed by atoms with Crippen LogP contribution in [0.1, 0.15) is 30.1 Å². The molecule has 100 valence electrons. The zero-order chi connectivity index (χ0) is 13.6. The quantitative estimate of drug-likeness (QED) is 0.911. The van der Waals surface area contributed by atoms with E-state index in [2.05, 4.69) is 10.3 Å². The minimum atomic E-state index is -0.605. The number of aryl methyl sites for hydroxylation is 2. The molecule has 1 fully saturated rings. The van der Waals surface area contributed by atoms with Crippen LogP contribution >= 0.6 is 0 Å². The van der Waals surface area contributed by atoms with E-state index in [0.29, 0.717) is 17.6 Å². The topological polar surface area (TPSA) is 29.9 Å². The Morgan fingerprint density at radius 3 is 2.68 bits per heavy atom.